The number of hydrogen-bond donors (Lipinski definition) is 1. The van der Waals surface area contributed by atoms with Crippen LogP contribution >= 0.6 is 15.9 Å². The van der Waals surface area contributed by atoms with Crippen molar-refractivity contribution in [1.29, 1.82) is 0 Å². The number of aromatic amines is 1. The van der Waals surface area contributed by atoms with Gasteiger partial charge in [-0.1, -0.05) is 13.8 Å². The van der Waals surface area contributed by atoms with E-state index in [1.807, 2.05) is 7.05 Å². The summed E-state index contributed by atoms with van der Waals surface area (Å²) in [6.45, 7) is 6.28. The van der Waals surface area contributed by atoms with E-state index >= 15 is 0 Å². The number of H-pyrrole nitrogens is 1. The largest absolute Gasteiger partial charge is 0.356 e. The second-order valence-corrected chi connectivity index (χ2v) is 5.05. The second-order valence-electron chi connectivity index (χ2n) is 4.13. The molecule has 3 nitrogen and oxygen atoms in total. The predicted octanol–water partition coefficient (Wildman–Crippen LogP) is 2.89. The molecular formula is C11H17BrN2O. The van der Waals surface area contributed by atoms with Crippen molar-refractivity contribution in [3.8, 4) is 0 Å². The molecule has 0 aliphatic heterocycles. The minimum absolute atomic E-state index is 0.0295. The fraction of sp³-hybridized carbons (Fsp3) is 0.545. The summed E-state index contributed by atoms with van der Waals surface area (Å²) in [6, 6.07) is 2.03. The summed E-state index contributed by atoms with van der Waals surface area (Å²) in [4.78, 5) is 16.7. The average Bonchev–Trinajstić information content (AvgIpc) is 2.61. The van der Waals surface area contributed by atoms with Crippen molar-refractivity contribution < 1.29 is 4.79 Å². The van der Waals surface area contributed by atoms with Gasteiger partial charge >= 0.3 is 0 Å². The van der Waals surface area contributed by atoms with Gasteiger partial charge in [0.15, 0.2) is 0 Å². The number of amides is 1. The lowest BCUT2D eigenvalue weighted by molar-refractivity contribution is 0.0702. The second kappa shape index (κ2) is 4.84. The normalized spacial score (nSPS) is 12.9. The first-order chi connectivity index (χ1) is 6.93. The van der Waals surface area contributed by atoms with E-state index in [9.17, 15) is 4.79 Å². The first-order valence-corrected chi connectivity index (χ1v) is 5.84. The molecule has 0 saturated heterocycles. The van der Waals surface area contributed by atoms with Crippen LogP contribution in [-0.4, -0.2) is 28.9 Å². The van der Waals surface area contributed by atoms with E-state index in [1.54, 1.807) is 17.2 Å². The smallest absolute Gasteiger partial charge is 0.270 e. The molecule has 4 heteroatoms. The highest BCUT2D eigenvalue weighted by atomic mass is 79.9. The van der Waals surface area contributed by atoms with Crippen molar-refractivity contribution in [2.75, 3.05) is 7.05 Å². The van der Waals surface area contributed by atoms with Crippen molar-refractivity contribution in [1.82, 2.24) is 9.88 Å². The Morgan fingerprint density at radius 2 is 2.07 bits per heavy atom. The first kappa shape index (κ1) is 12.3. The zero-order valence-corrected chi connectivity index (χ0v) is 11.1. The van der Waals surface area contributed by atoms with Gasteiger partial charge in [0.2, 0.25) is 0 Å². The van der Waals surface area contributed by atoms with Gasteiger partial charge in [0, 0.05) is 23.8 Å². The number of halogens is 1. The van der Waals surface area contributed by atoms with Gasteiger partial charge in [-0.05, 0) is 34.8 Å². The van der Waals surface area contributed by atoms with Gasteiger partial charge in [0.1, 0.15) is 5.69 Å². The molecule has 0 aromatic carbocycles. The Labute approximate surface area is 99.0 Å². The van der Waals surface area contributed by atoms with Gasteiger partial charge in [0.05, 0.1) is 0 Å². The van der Waals surface area contributed by atoms with Crippen LogP contribution in [-0.2, 0) is 0 Å². The SMILES string of the molecule is CC(C)C(C)N(C)C(=O)c1cc(Br)c[nH]1. The lowest BCUT2D eigenvalue weighted by Gasteiger charge is -2.27. The molecule has 0 spiro atoms. The molecule has 1 heterocycles. The van der Waals surface area contributed by atoms with Crippen LogP contribution in [0.5, 0.6) is 0 Å². The van der Waals surface area contributed by atoms with E-state index < -0.39 is 0 Å². The maximum absolute atomic E-state index is 12.0. The summed E-state index contributed by atoms with van der Waals surface area (Å²) in [7, 11) is 1.84. The number of carbonyl (C=O) groups excluding carboxylic acids is 1. The van der Waals surface area contributed by atoms with Crippen molar-refractivity contribution in [3.63, 3.8) is 0 Å². The Kier molecular flexibility index (Phi) is 3.97. The predicted molar refractivity (Wildman–Crippen MR) is 64.9 cm³/mol. The number of rotatable bonds is 3. The third kappa shape index (κ3) is 2.84. The maximum atomic E-state index is 12.0. The molecule has 84 valence electrons. The van der Waals surface area contributed by atoms with Gasteiger partial charge in [-0.15, -0.1) is 0 Å². The molecule has 1 rings (SSSR count). The zero-order valence-electron chi connectivity index (χ0n) is 9.54. The van der Waals surface area contributed by atoms with Gasteiger partial charge in [-0.25, -0.2) is 0 Å². The Morgan fingerprint density at radius 3 is 2.47 bits per heavy atom. The molecular weight excluding hydrogens is 256 g/mol. The van der Waals surface area contributed by atoms with Crippen LogP contribution < -0.4 is 0 Å². The monoisotopic (exact) mass is 272 g/mol. The summed E-state index contributed by atoms with van der Waals surface area (Å²) in [5.41, 5.74) is 0.622. The molecule has 0 bridgehead atoms. The van der Waals surface area contributed by atoms with Crippen LogP contribution in [0.3, 0.4) is 0 Å². The first-order valence-electron chi connectivity index (χ1n) is 5.04. The van der Waals surface area contributed by atoms with E-state index in [0.717, 1.165) is 4.47 Å². The number of hydrogen-bond acceptors (Lipinski definition) is 1. The molecule has 0 saturated carbocycles. The Balaban J connectivity index is 2.77. The molecule has 1 unspecified atom stereocenters. The molecule has 0 aliphatic carbocycles. The third-order valence-electron chi connectivity index (χ3n) is 2.77. The average molecular weight is 273 g/mol. The highest BCUT2D eigenvalue weighted by Crippen LogP contribution is 2.15. The van der Waals surface area contributed by atoms with Crippen molar-refractivity contribution in [2.24, 2.45) is 5.92 Å². The molecule has 1 N–H and O–H groups in total. The standard InChI is InChI=1S/C11H17BrN2O/c1-7(2)8(3)14(4)11(15)10-5-9(12)6-13-10/h5-8,13H,1-4H3. The van der Waals surface area contributed by atoms with E-state index in [2.05, 4.69) is 41.7 Å². The number of carbonyl (C=O) groups is 1. The van der Waals surface area contributed by atoms with Crippen molar-refractivity contribution >= 4 is 21.8 Å². The Hall–Kier alpha value is -0.770. The molecule has 0 radical (unpaired) electrons. The molecule has 15 heavy (non-hydrogen) atoms. The molecule has 0 aliphatic rings. The third-order valence-corrected chi connectivity index (χ3v) is 3.23. The minimum atomic E-state index is 0.0295. The Bertz CT molecular complexity index is 346. The fourth-order valence-electron chi connectivity index (χ4n) is 1.31. The number of nitrogens with zero attached hydrogens (tertiary/aromatic N) is 1. The molecule has 1 aromatic heterocycles. The quantitative estimate of drug-likeness (QED) is 0.903. The van der Waals surface area contributed by atoms with Crippen LogP contribution in [0, 0.1) is 5.92 Å². The van der Waals surface area contributed by atoms with Gasteiger partial charge in [-0.3, -0.25) is 4.79 Å². The van der Waals surface area contributed by atoms with Crippen LogP contribution in [0.1, 0.15) is 31.3 Å². The lowest BCUT2D eigenvalue weighted by Crippen LogP contribution is -2.38. The van der Waals surface area contributed by atoms with Gasteiger partial charge in [0.25, 0.3) is 5.91 Å². The summed E-state index contributed by atoms with van der Waals surface area (Å²) in [5, 5.41) is 0. The number of aromatic nitrogens is 1. The molecule has 1 atom stereocenters. The topological polar surface area (TPSA) is 36.1 Å². The zero-order chi connectivity index (χ0) is 11.6. The van der Waals surface area contributed by atoms with Crippen molar-refractivity contribution in [2.45, 2.75) is 26.8 Å². The Morgan fingerprint density at radius 1 is 1.47 bits per heavy atom. The maximum Gasteiger partial charge on any atom is 0.270 e. The van der Waals surface area contributed by atoms with E-state index in [4.69, 9.17) is 0 Å². The van der Waals surface area contributed by atoms with Crippen LogP contribution in [0.25, 0.3) is 0 Å². The highest BCUT2D eigenvalue weighted by molar-refractivity contribution is 9.10. The van der Waals surface area contributed by atoms with E-state index in [1.165, 1.54) is 0 Å². The van der Waals surface area contributed by atoms with E-state index in [-0.39, 0.29) is 11.9 Å². The number of nitrogens with one attached hydrogen (secondary N) is 1. The van der Waals surface area contributed by atoms with Crippen LogP contribution in [0.4, 0.5) is 0 Å². The summed E-state index contributed by atoms with van der Waals surface area (Å²) in [6.07, 6.45) is 1.76. The summed E-state index contributed by atoms with van der Waals surface area (Å²) in [5.74, 6) is 0.485. The van der Waals surface area contributed by atoms with Gasteiger partial charge in [-0.2, -0.15) is 0 Å². The summed E-state index contributed by atoms with van der Waals surface area (Å²) >= 11 is 3.31. The molecule has 0 fully saturated rings. The lowest BCUT2D eigenvalue weighted by atomic mass is 10.1. The van der Waals surface area contributed by atoms with E-state index in [0.29, 0.717) is 11.6 Å². The van der Waals surface area contributed by atoms with Crippen LogP contribution in [0.15, 0.2) is 16.7 Å². The molecule has 1 amide bonds. The fourth-order valence-corrected chi connectivity index (χ4v) is 1.66. The minimum Gasteiger partial charge on any atom is -0.356 e. The molecule has 1 aromatic rings. The summed E-state index contributed by atoms with van der Waals surface area (Å²) < 4.78 is 0.899. The van der Waals surface area contributed by atoms with Crippen LogP contribution in [0.2, 0.25) is 0 Å². The van der Waals surface area contributed by atoms with Crippen molar-refractivity contribution in [3.05, 3.63) is 22.4 Å². The highest BCUT2D eigenvalue weighted by Gasteiger charge is 2.20. The van der Waals surface area contributed by atoms with Gasteiger partial charge < -0.3 is 9.88 Å².